The zero-order chi connectivity index (χ0) is 24.7. The summed E-state index contributed by atoms with van der Waals surface area (Å²) in [6.45, 7) is 6.79. The molecule has 2 atom stereocenters. The van der Waals surface area contributed by atoms with Crippen LogP contribution in [-0.2, 0) is 18.4 Å². The summed E-state index contributed by atoms with van der Waals surface area (Å²) in [6.07, 6.45) is 1.67. The highest BCUT2D eigenvalue weighted by molar-refractivity contribution is 5.94. The van der Waals surface area contributed by atoms with E-state index in [-0.39, 0.29) is 22.6 Å². The number of aromatic carboxylic acids is 1. The summed E-state index contributed by atoms with van der Waals surface area (Å²) in [5, 5.41) is 13.5. The molecule has 35 heavy (non-hydrogen) atoms. The molecule has 6 nitrogen and oxygen atoms in total. The number of hydrogen-bond acceptors (Lipinski definition) is 4. The van der Waals surface area contributed by atoms with Crippen molar-refractivity contribution in [3.63, 3.8) is 0 Å². The van der Waals surface area contributed by atoms with Crippen molar-refractivity contribution in [1.29, 1.82) is 0 Å². The van der Waals surface area contributed by atoms with Gasteiger partial charge in [-0.25, -0.2) is 9.78 Å². The molecule has 0 unspecified atom stereocenters. The lowest BCUT2D eigenvalue weighted by Crippen LogP contribution is -2.28. The minimum absolute atomic E-state index is 0.00938. The van der Waals surface area contributed by atoms with Crippen LogP contribution in [-0.4, -0.2) is 20.6 Å². The summed E-state index contributed by atoms with van der Waals surface area (Å²) in [5.74, 6) is -0.164. The van der Waals surface area contributed by atoms with E-state index in [1.807, 2.05) is 54.8 Å². The molecular formula is C29H29N3O3. The number of aromatic nitrogens is 2. The number of anilines is 1. The molecule has 0 aliphatic carbocycles. The SMILES string of the molecule is Cc1cc([C@@H](C)Nc2ccccc2C(=O)O)c2nc3n(c(=O)c2c1)CC[C@@]3(C)Cc1ccccc1. The highest BCUT2D eigenvalue weighted by Gasteiger charge is 2.38. The highest BCUT2D eigenvalue weighted by Crippen LogP contribution is 2.37. The van der Waals surface area contributed by atoms with Gasteiger partial charge in [-0.1, -0.05) is 55.5 Å². The number of fused-ring (bicyclic) bond motifs is 2. The van der Waals surface area contributed by atoms with Crippen molar-refractivity contribution in [1.82, 2.24) is 9.55 Å². The van der Waals surface area contributed by atoms with Gasteiger partial charge in [0, 0.05) is 23.2 Å². The van der Waals surface area contributed by atoms with Crippen LogP contribution < -0.4 is 10.9 Å². The third kappa shape index (κ3) is 4.09. The van der Waals surface area contributed by atoms with Gasteiger partial charge in [0.25, 0.3) is 5.56 Å². The summed E-state index contributed by atoms with van der Waals surface area (Å²) in [6, 6.07) is 20.9. The van der Waals surface area contributed by atoms with Crippen LogP contribution in [0.5, 0.6) is 0 Å². The lowest BCUT2D eigenvalue weighted by molar-refractivity contribution is 0.0698. The van der Waals surface area contributed by atoms with Crippen LogP contribution >= 0.6 is 0 Å². The maximum atomic E-state index is 13.6. The van der Waals surface area contributed by atoms with Crippen molar-refractivity contribution in [3.8, 4) is 0 Å². The Morgan fingerprint density at radius 1 is 1.14 bits per heavy atom. The van der Waals surface area contributed by atoms with E-state index in [9.17, 15) is 14.7 Å². The van der Waals surface area contributed by atoms with Gasteiger partial charge in [-0.15, -0.1) is 0 Å². The molecule has 4 aromatic rings. The monoisotopic (exact) mass is 467 g/mol. The number of carboxylic acids is 1. The molecule has 178 valence electrons. The van der Waals surface area contributed by atoms with Crippen molar-refractivity contribution >= 4 is 22.6 Å². The van der Waals surface area contributed by atoms with Gasteiger partial charge in [-0.05, 0) is 56.0 Å². The Balaban J connectivity index is 1.62. The second-order valence-electron chi connectivity index (χ2n) is 9.83. The molecule has 1 aromatic heterocycles. The molecule has 0 saturated heterocycles. The predicted molar refractivity (Wildman–Crippen MR) is 138 cm³/mol. The van der Waals surface area contributed by atoms with Crippen LogP contribution in [0, 0.1) is 6.92 Å². The van der Waals surface area contributed by atoms with Crippen LogP contribution in [0.1, 0.15) is 59.2 Å². The number of para-hydroxylation sites is 1. The molecule has 1 aliphatic heterocycles. The smallest absolute Gasteiger partial charge is 0.337 e. The van der Waals surface area contributed by atoms with Gasteiger partial charge in [0.2, 0.25) is 0 Å². The van der Waals surface area contributed by atoms with E-state index >= 15 is 0 Å². The number of rotatable bonds is 6. The first-order chi connectivity index (χ1) is 16.8. The first kappa shape index (κ1) is 22.8. The quantitative estimate of drug-likeness (QED) is 0.392. The molecular weight excluding hydrogens is 438 g/mol. The van der Waals surface area contributed by atoms with Crippen LogP contribution in [0.2, 0.25) is 0 Å². The predicted octanol–water partition coefficient (Wildman–Crippen LogP) is 5.48. The van der Waals surface area contributed by atoms with Crippen molar-refractivity contribution in [2.75, 3.05) is 5.32 Å². The number of hydrogen-bond donors (Lipinski definition) is 2. The number of nitrogens with one attached hydrogen (secondary N) is 1. The molecule has 6 heteroatoms. The Hall–Kier alpha value is -3.93. The largest absolute Gasteiger partial charge is 0.478 e. The number of carbonyl (C=O) groups is 1. The number of carboxylic acid groups (broad SMARTS) is 1. The van der Waals surface area contributed by atoms with E-state index in [1.165, 1.54) is 5.56 Å². The average molecular weight is 468 g/mol. The first-order valence-corrected chi connectivity index (χ1v) is 12.0. The summed E-state index contributed by atoms with van der Waals surface area (Å²) >= 11 is 0. The second kappa shape index (κ2) is 8.69. The van der Waals surface area contributed by atoms with Crippen LogP contribution in [0.3, 0.4) is 0 Å². The molecule has 5 rings (SSSR count). The third-order valence-electron chi connectivity index (χ3n) is 7.09. The van der Waals surface area contributed by atoms with Crippen molar-refractivity contribution in [2.45, 2.75) is 51.6 Å². The first-order valence-electron chi connectivity index (χ1n) is 12.0. The van der Waals surface area contributed by atoms with Crippen molar-refractivity contribution in [3.05, 3.63) is 105 Å². The van der Waals surface area contributed by atoms with Crippen LogP contribution in [0.25, 0.3) is 10.9 Å². The summed E-state index contributed by atoms with van der Waals surface area (Å²) in [5.41, 5.74) is 4.25. The maximum Gasteiger partial charge on any atom is 0.337 e. The Kier molecular flexibility index (Phi) is 5.67. The molecule has 2 heterocycles. The summed E-state index contributed by atoms with van der Waals surface area (Å²) < 4.78 is 1.84. The average Bonchev–Trinajstić information content (AvgIpc) is 3.16. The van der Waals surface area contributed by atoms with E-state index < -0.39 is 5.97 Å². The Bertz CT molecular complexity index is 1490. The highest BCUT2D eigenvalue weighted by atomic mass is 16.4. The number of aryl methyl sites for hydroxylation is 1. The van der Waals surface area contributed by atoms with Gasteiger partial charge in [0.15, 0.2) is 0 Å². The van der Waals surface area contributed by atoms with Gasteiger partial charge >= 0.3 is 5.97 Å². The minimum atomic E-state index is -0.986. The van der Waals surface area contributed by atoms with E-state index in [4.69, 9.17) is 4.98 Å². The zero-order valence-electron chi connectivity index (χ0n) is 20.2. The Labute approximate surface area is 204 Å². The molecule has 0 amide bonds. The van der Waals surface area contributed by atoms with Crippen LogP contribution in [0.4, 0.5) is 5.69 Å². The van der Waals surface area contributed by atoms with Crippen molar-refractivity contribution < 1.29 is 9.90 Å². The van der Waals surface area contributed by atoms with Gasteiger partial charge < -0.3 is 10.4 Å². The van der Waals surface area contributed by atoms with Gasteiger partial charge in [0.1, 0.15) is 5.82 Å². The van der Waals surface area contributed by atoms with E-state index in [2.05, 4.69) is 24.4 Å². The fourth-order valence-corrected chi connectivity index (χ4v) is 5.29. The molecule has 1 aliphatic rings. The lowest BCUT2D eigenvalue weighted by atomic mass is 9.81. The second-order valence-corrected chi connectivity index (χ2v) is 9.83. The maximum absolute atomic E-state index is 13.6. The van der Waals surface area contributed by atoms with Crippen LogP contribution in [0.15, 0.2) is 71.5 Å². The Morgan fingerprint density at radius 3 is 2.60 bits per heavy atom. The fourth-order valence-electron chi connectivity index (χ4n) is 5.29. The van der Waals surface area contributed by atoms with Gasteiger partial charge in [0.05, 0.1) is 22.5 Å². The molecule has 0 bridgehead atoms. The zero-order valence-corrected chi connectivity index (χ0v) is 20.2. The minimum Gasteiger partial charge on any atom is -0.478 e. The van der Waals surface area contributed by atoms with Gasteiger partial charge in [-0.3, -0.25) is 9.36 Å². The Morgan fingerprint density at radius 2 is 1.86 bits per heavy atom. The number of benzene rings is 3. The van der Waals surface area contributed by atoms with Crippen molar-refractivity contribution in [2.24, 2.45) is 0 Å². The molecule has 3 aromatic carbocycles. The lowest BCUT2D eigenvalue weighted by Gasteiger charge is -2.25. The summed E-state index contributed by atoms with van der Waals surface area (Å²) in [7, 11) is 0. The standard InChI is InChI=1S/C29H29N3O3/c1-18-15-22(19(2)30-24-12-8-7-11-21(24)27(34)35)25-23(16-18)26(33)32-14-13-29(3,28(32)31-25)17-20-9-5-4-6-10-20/h4-12,15-16,19,30H,13-14,17H2,1-3H3,(H,34,35)/t19-,29+/m1/s1. The van der Waals surface area contributed by atoms with E-state index in [0.29, 0.717) is 23.1 Å². The number of nitrogens with zero attached hydrogens (tertiary/aromatic N) is 2. The normalized spacial score (nSPS) is 17.8. The molecule has 0 radical (unpaired) electrons. The van der Waals surface area contributed by atoms with E-state index in [1.54, 1.807) is 18.2 Å². The topological polar surface area (TPSA) is 84.2 Å². The molecule has 0 spiro atoms. The summed E-state index contributed by atoms with van der Waals surface area (Å²) in [4.78, 5) is 30.5. The third-order valence-corrected chi connectivity index (χ3v) is 7.09. The molecule has 2 N–H and O–H groups in total. The fraction of sp³-hybridized carbons (Fsp3) is 0.276. The van der Waals surface area contributed by atoms with E-state index in [0.717, 1.165) is 29.8 Å². The van der Waals surface area contributed by atoms with Gasteiger partial charge in [-0.2, -0.15) is 0 Å². The molecule has 0 saturated carbocycles. The molecule has 0 fully saturated rings.